The zero-order valence-electron chi connectivity index (χ0n) is 11.1. The highest BCUT2D eigenvalue weighted by Crippen LogP contribution is 2.29. The molecule has 1 aromatic heterocycles. The number of alkyl halides is 3. The molecular weight excluding hydrogens is 275 g/mol. The lowest BCUT2D eigenvalue weighted by atomic mass is 10.3. The Morgan fingerprint density at radius 2 is 2.10 bits per heavy atom. The van der Waals surface area contributed by atoms with E-state index in [1.165, 1.54) is 4.90 Å². The van der Waals surface area contributed by atoms with Crippen LogP contribution in [0, 0.1) is 0 Å². The van der Waals surface area contributed by atoms with Crippen LogP contribution in [-0.4, -0.2) is 38.8 Å². The molecule has 1 aromatic rings. The van der Waals surface area contributed by atoms with Crippen LogP contribution < -0.4 is 5.32 Å². The molecular formula is C11H16F3N5O. The molecule has 20 heavy (non-hydrogen) atoms. The van der Waals surface area contributed by atoms with Gasteiger partial charge in [-0.05, 0) is 6.42 Å². The first-order chi connectivity index (χ1) is 9.43. The van der Waals surface area contributed by atoms with Crippen molar-refractivity contribution >= 4 is 6.03 Å². The summed E-state index contributed by atoms with van der Waals surface area (Å²) in [6.45, 7) is 2.88. The van der Waals surface area contributed by atoms with Crippen molar-refractivity contribution < 1.29 is 18.0 Å². The zero-order valence-corrected chi connectivity index (χ0v) is 11.1. The minimum Gasteiger partial charge on any atom is -0.338 e. The molecule has 1 N–H and O–H groups in total. The Hall–Kier alpha value is -1.80. The van der Waals surface area contributed by atoms with Gasteiger partial charge in [-0.1, -0.05) is 13.3 Å². The Labute approximate surface area is 114 Å². The second-order valence-electron chi connectivity index (χ2n) is 4.60. The van der Waals surface area contributed by atoms with Gasteiger partial charge in [0.25, 0.3) is 0 Å². The Kier molecular flexibility index (Phi) is 4.15. The molecule has 112 valence electrons. The Morgan fingerprint density at radius 1 is 1.35 bits per heavy atom. The lowest BCUT2D eigenvalue weighted by Gasteiger charge is -2.28. The van der Waals surface area contributed by atoms with Crippen LogP contribution in [0.5, 0.6) is 0 Å². The molecule has 1 aliphatic heterocycles. The van der Waals surface area contributed by atoms with Gasteiger partial charge in [-0.25, -0.2) is 4.79 Å². The molecule has 0 radical (unpaired) electrons. The van der Waals surface area contributed by atoms with Crippen molar-refractivity contribution in [2.45, 2.75) is 39.0 Å². The summed E-state index contributed by atoms with van der Waals surface area (Å²) < 4.78 is 39.0. The molecule has 0 saturated heterocycles. The third-order valence-corrected chi connectivity index (χ3v) is 3.10. The van der Waals surface area contributed by atoms with Gasteiger partial charge in [0, 0.05) is 19.6 Å². The van der Waals surface area contributed by atoms with Crippen molar-refractivity contribution in [3.63, 3.8) is 0 Å². The molecule has 0 spiro atoms. The van der Waals surface area contributed by atoms with E-state index in [-0.39, 0.29) is 31.5 Å². The van der Waals surface area contributed by atoms with Gasteiger partial charge in [-0.15, -0.1) is 10.2 Å². The summed E-state index contributed by atoms with van der Waals surface area (Å²) in [7, 11) is 0. The second kappa shape index (κ2) is 5.68. The van der Waals surface area contributed by atoms with Gasteiger partial charge >= 0.3 is 12.2 Å². The van der Waals surface area contributed by atoms with Gasteiger partial charge in [-0.3, -0.25) is 0 Å². The minimum atomic E-state index is -4.52. The number of urea groups is 1. The molecule has 0 aromatic carbocycles. The van der Waals surface area contributed by atoms with Gasteiger partial charge < -0.3 is 14.8 Å². The number of hydrogen-bond acceptors (Lipinski definition) is 3. The maximum Gasteiger partial charge on any atom is 0.451 e. The maximum atomic E-state index is 12.7. The van der Waals surface area contributed by atoms with Crippen molar-refractivity contribution in [1.29, 1.82) is 0 Å². The first-order valence-electron chi connectivity index (χ1n) is 6.45. The van der Waals surface area contributed by atoms with E-state index in [0.29, 0.717) is 6.54 Å². The fourth-order valence-electron chi connectivity index (χ4n) is 2.02. The van der Waals surface area contributed by atoms with Crippen molar-refractivity contribution in [3.05, 3.63) is 11.6 Å². The van der Waals surface area contributed by atoms with E-state index in [2.05, 4.69) is 15.5 Å². The minimum absolute atomic E-state index is 0.0427. The van der Waals surface area contributed by atoms with E-state index in [1.54, 1.807) is 0 Å². The first kappa shape index (κ1) is 14.6. The van der Waals surface area contributed by atoms with E-state index in [0.717, 1.165) is 17.4 Å². The number of carbonyl (C=O) groups excluding carboxylic acids is 1. The van der Waals surface area contributed by atoms with Crippen LogP contribution >= 0.6 is 0 Å². The lowest BCUT2D eigenvalue weighted by molar-refractivity contribution is -0.147. The summed E-state index contributed by atoms with van der Waals surface area (Å²) in [5, 5.41) is 9.42. The number of nitrogens with zero attached hydrogens (tertiary/aromatic N) is 4. The highest BCUT2D eigenvalue weighted by atomic mass is 19.4. The molecule has 0 saturated carbocycles. The molecule has 2 heterocycles. The Morgan fingerprint density at radius 3 is 2.75 bits per heavy atom. The zero-order chi connectivity index (χ0) is 14.8. The first-order valence-corrected chi connectivity index (χ1v) is 6.45. The van der Waals surface area contributed by atoms with Crippen LogP contribution in [-0.2, 0) is 19.3 Å². The van der Waals surface area contributed by atoms with E-state index in [4.69, 9.17) is 0 Å². The summed E-state index contributed by atoms with van der Waals surface area (Å²) in [5.41, 5.74) is 0. The number of carbonyl (C=O) groups is 1. The van der Waals surface area contributed by atoms with Crippen LogP contribution in [0.1, 0.15) is 31.4 Å². The standard InChI is InChI=1S/C11H16F3N5O/c1-2-3-4-15-10(20)18-5-6-19-8(7-18)16-17-9(19)11(12,13)14/h2-7H2,1H3,(H,15,20). The summed E-state index contributed by atoms with van der Waals surface area (Å²) in [5.74, 6) is -0.840. The van der Waals surface area contributed by atoms with Crippen LogP contribution in [0.15, 0.2) is 0 Å². The third-order valence-electron chi connectivity index (χ3n) is 3.10. The highest BCUT2D eigenvalue weighted by Gasteiger charge is 2.39. The highest BCUT2D eigenvalue weighted by molar-refractivity contribution is 5.74. The fraction of sp³-hybridized carbons (Fsp3) is 0.727. The number of rotatable bonds is 3. The Bertz CT molecular complexity index is 485. The predicted molar refractivity (Wildman–Crippen MR) is 63.7 cm³/mol. The normalized spacial score (nSPS) is 15.1. The summed E-state index contributed by atoms with van der Waals surface area (Å²) in [6, 6.07) is -0.277. The Balaban J connectivity index is 2.02. The summed E-state index contributed by atoms with van der Waals surface area (Å²) in [6.07, 6.45) is -2.69. The van der Waals surface area contributed by atoms with Crippen molar-refractivity contribution in [1.82, 2.24) is 25.0 Å². The molecule has 0 aliphatic carbocycles. The summed E-state index contributed by atoms with van der Waals surface area (Å²) >= 11 is 0. The van der Waals surface area contributed by atoms with Crippen LogP contribution in [0.4, 0.5) is 18.0 Å². The molecule has 9 heteroatoms. The number of unbranched alkanes of at least 4 members (excludes halogenated alkanes) is 1. The van der Waals surface area contributed by atoms with E-state index in [1.807, 2.05) is 6.92 Å². The number of aromatic nitrogens is 3. The average molecular weight is 291 g/mol. The summed E-state index contributed by atoms with van der Waals surface area (Å²) in [4.78, 5) is 13.3. The van der Waals surface area contributed by atoms with Gasteiger partial charge in [0.2, 0.25) is 5.82 Å². The fourth-order valence-corrected chi connectivity index (χ4v) is 2.02. The van der Waals surface area contributed by atoms with Crippen molar-refractivity contribution in [3.8, 4) is 0 Å². The molecule has 2 rings (SSSR count). The van der Waals surface area contributed by atoms with Crippen molar-refractivity contribution in [2.75, 3.05) is 13.1 Å². The van der Waals surface area contributed by atoms with E-state index >= 15 is 0 Å². The molecule has 2 amide bonds. The molecule has 0 bridgehead atoms. The molecule has 6 nitrogen and oxygen atoms in total. The SMILES string of the molecule is CCCCNC(=O)N1CCn2c(nnc2C(F)(F)F)C1. The lowest BCUT2D eigenvalue weighted by Crippen LogP contribution is -2.45. The monoisotopic (exact) mass is 291 g/mol. The quantitative estimate of drug-likeness (QED) is 0.861. The van der Waals surface area contributed by atoms with Gasteiger partial charge in [0.1, 0.15) is 0 Å². The molecule has 0 fully saturated rings. The van der Waals surface area contributed by atoms with Crippen LogP contribution in [0.3, 0.4) is 0 Å². The molecule has 0 atom stereocenters. The van der Waals surface area contributed by atoms with Crippen LogP contribution in [0.2, 0.25) is 0 Å². The number of hydrogen-bond donors (Lipinski definition) is 1. The predicted octanol–water partition coefficient (Wildman–Crippen LogP) is 1.62. The number of fused-ring (bicyclic) bond motifs is 1. The van der Waals surface area contributed by atoms with Gasteiger partial charge in [0.05, 0.1) is 6.54 Å². The van der Waals surface area contributed by atoms with Crippen molar-refractivity contribution in [2.24, 2.45) is 0 Å². The topological polar surface area (TPSA) is 63.1 Å². The van der Waals surface area contributed by atoms with Gasteiger partial charge in [-0.2, -0.15) is 13.2 Å². The maximum absolute atomic E-state index is 12.7. The molecule has 0 unspecified atom stereocenters. The number of nitrogens with one attached hydrogen (secondary N) is 1. The molecule has 1 aliphatic rings. The average Bonchev–Trinajstić information content (AvgIpc) is 2.81. The third kappa shape index (κ3) is 3.02. The van der Waals surface area contributed by atoms with E-state index < -0.39 is 12.0 Å². The smallest absolute Gasteiger partial charge is 0.338 e. The number of amides is 2. The van der Waals surface area contributed by atoms with Crippen LogP contribution in [0.25, 0.3) is 0 Å². The number of halogens is 3. The largest absolute Gasteiger partial charge is 0.451 e. The second-order valence-corrected chi connectivity index (χ2v) is 4.60. The van der Waals surface area contributed by atoms with Gasteiger partial charge in [0.15, 0.2) is 5.82 Å². The van der Waals surface area contributed by atoms with E-state index in [9.17, 15) is 18.0 Å².